The first kappa shape index (κ1) is 13.0. The number of rotatable bonds is 6. The van der Waals surface area contributed by atoms with Crippen molar-refractivity contribution >= 4 is 11.3 Å². The molecular weight excluding hydrogens is 274 g/mol. The molecule has 104 valence electrons. The van der Waals surface area contributed by atoms with Crippen LogP contribution in [-0.2, 0) is 13.1 Å². The van der Waals surface area contributed by atoms with E-state index in [0.29, 0.717) is 18.1 Å². The van der Waals surface area contributed by atoms with Gasteiger partial charge in [0.2, 0.25) is 5.82 Å². The van der Waals surface area contributed by atoms with Crippen molar-refractivity contribution in [1.82, 2.24) is 25.5 Å². The molecule has 0 aliphatic rings. The molecule has 0 saturated heterocycles. The van der Waals surface area contributed by atoms with Crippen LogP contribution in [0.25, 0.3) is 11.6 Å². The van der Waals surface area contributed by atoms with Crippen LogP contribution in [0.4, 0.5) is 0 Å². The zero-order valence-electron chi connectivity index (χ0n) is 11.1. The number of aryl methyl sites for hydroxylation is 1. The average molecular weight is 289 g/mol. The maximum Gasteiger partial charge on any atom is 0.240 e. The van der Waals surface area contributed by atoms with Gasteiger partial charge in [-0.1, -0.05) is 0 Å². The van der Waals surface area contributed by atoms with Crippen molar-refractivity contribution in [3.63, 3.8) is 0 Å². The topological polar surface area (TPSA) is 68.8 Å². The van der Waals surface area contributed by atoms with Crippen LogP contribution in [-0.4, -0.2) is 26.8 Å². The summed E-state index contributed by atoms with van der Waals surface area (Å²) in [6.07, 6.45) is 1.60. The molecule has 3 rings (SSSR count). The molecule has 0 unspecified atom stereocenters. The van der Waals surface area contributed by atoms with Crippen LogP contribution in [0.1, 0.15) is 10.4 Å². The van der Waals surface area contributed by atoms with Gasteiger partial charge in [-0.3, -0.25) is 0 Å². The number of nitrogens with one attached hydrogen (secondary N) is 1. The van der Waals surface area contributed by atoms with Gasteiger partial charge in [0.15, 0.2) is 5.76 Å². The van der Waals surface area contributed by atoms with Crippen molar-refractivity contribution < 1.29 is 4.42 Å². The summed E-state index contributed by atoms with van der Waals surface area (Å²) >= 11 is 1.77. The average Bonchev–Trinajstić information content (AvgIpc) is 3.17. The lowest BCUT2D eigenvalue weighted by molar-refractivity contribution is 0.491. The van der Waals surface area contributed by atoms with Crippen LogP contribution in [0.3, 0.4) is 0 Å². The second-order valence-electron chi connectivity index (χ2n) is 4.39. The molecule has 0 atom stereocenters. The molecule has 0 amide bonds. The molecule has 0 saturated carbocycles. The number of thiophene rings is 1. The minimum atomic E-state index is 0.518. The quantitative estimate of drug-likeness (QED) is 0.704. The minimum absolute atomic E-state index is 0.518. The van der Waals surface area contributed by atoms with Crippen molar-refractivity contribution in [2.75, 3.05) is 6.54 Å². The molecule has 3 heterocycles. The van der Waals surface area contributed by atoms with Gasteiger partial charge in [0.05, 0.1) is 12.8 Å². The molecule has 0 aliphatic heterocycles. The molecule has 6 nitrogen and oxygen atoms in total. The van der Waals surface area contributed by atoms with Gasteiger partial charge < -0.3 is 9.73 Å². The molecule has 20 heavy (non-hydrogen) atoms. The van der Waals surface area contributed by atoms with E-state index in [-0.39, 0.29) is 0 Å². The van der Waals surface area contributed by atoms with Gasteiger partial charge in [0.25, 0.3) is 0 Å². The smallest absolute Gasteiger partial charge is 0.240 e. The second kappa shape index (κ2) is 5.98. The number of furan rings is 1. The van der Waals surface area contributed by atoms with Crippen LogP contribution in [0.2, 0.25) is 0 Å². The van der Waals surface area contributed by atoms with Gasteiger partial charge in [-0.2, -0.15) is 4.80 Å². The Balaban J connectivity index is 1.48. The van der Waals surface area contributed by atoms with E-state index in [1.165, 1.54) is 10.4 Å². The van der Waals surface area contributed by atoms with E-state index in [1.54, 1.807) is 28.5 Å². The van der Waals surface area contributed by atoms with Crippen LogP contribution in [0.5, 0.6) is 0 Å². The summed E-state index contributed by atoms with van der Waals surface area (Å²) in [5.74, 6) is 1.16. The van der Waals surface area contributed by atoms with Crippen LogP contribution < -0.4 is 5.32 Å². The Morgan fingerprint density at radius 3 is 3.10 bits per heavy atom. The minimum Gasteiger partial charge on any atom is -0.461 e. The molecule has 0 fully saturated rings. The lowest BCUT2D eigenvalue weighted by Gasteiger charge is -2.03. The van der Waals surface area contributed by atoms with E-state index < -0.39 is 0 Å². The molecule has 0 bridgehead atoms. The molecule has 3 aromatic rings. The van der Waals surface area contributed by atoms with Gasteiger partial charge in [-0.25, -0.2) is 0 Å². The summed E-state index contributed by atoms with van der Waals surface area (Å²) < 4.78 is 5.23. The summed E-state index contributed by atoms with van der Waals surface area (Å²) in [5.41, 5.74) is 1.33. The standard InChI is InChI=1S/C13H15N5OS/c1-10-4-8-20-12(10)9-14-5-6-18-16-13(15-17-18)11-3-2-7-19-11/h2-4,7-8,14H,5-6,9H2,1H3. The fourth-order valence-corrected chi connectivity index (χ4v) is 2.68. The molecule has 3 aromatic heterocycles. The SMILES string of the molecule is Cc1ccsc1CNCCn1nnc(-c2ccco2)n1. The lowest BCUT2D eigenvalue weighted by Crippen LogP contribution is -2.20. The molecule has 7 heteroatoms. The highest BCUT2D eigenvalue weighted by Crippen LogP contribution is 2.15. The monoisotopic (exact) mass is 289 g/mol. The zero-order valence-corrected chi connectivity index (χ0v) is 11.9. The first-order valence-corrected chi connectivity index (χ1v) is 7.26. The largest absolute Gasteiger partial charge is 0.461 e. The van der Waals surface area contributed by atoms with Crippen LogP contribution in [0.15, 0.2) is 34.3 Å². The Morgan fingerprint density at radius 1 is 1.40 bits per heavy atom. The maximum absolute atomic E-state index is 5.23. The number of hydrogen-bond donors (Lipinski definition) is 1. The highest BCUT2D eigenvalue weighted by Gasteiger charge is 2.07. The van der Waals surface area contributed by atoms with E-state index in [4.69, 9.17) is 4.42 Å². The van der Waals surface area contributed by atoms with E-state index in [9.17, 15) is 0 Å². The van der Waals surface area contributed by atoms with Gasteiger partial charge in [0.1, 0.15) is 0 Å². The van der Waals surface area contributed by atoms with Crippen molar-refractivity contribution in [1.29, 1.82) is 0 Å². The Kier molecular flexibility index (Phi) is 3.89. The maximum atomic E-state index is 5.23. The first-order chi connectivity index (χ1) is 9.83. The number of nitrogens with zero attached hydrogens (tertiary/aromatic N) is 4. The Bertz CT molecular complexity index is 658. The third-order valence-corrected chi connectivity index (χ3v) is 3.96. The van der Waals surface area contributed by atoms with Gasteiger partial charge in [-0.05, 0) is 41.3 Å². The highest BCUT2D eigenvalue weighted by molar-refractivity contribution is 7.10. The van der Waals surface area contributed by atoms with Crippen molar-refractivity contribution in [3.8, 4) is 11.6 Å². The van der Waals surface area contributed by atoms with Gasteiger partial charge in [-0.15, -0.1) is 21.5 Å². The lowest BCUT2D eigenvalue weighted by atomic mass is 10.3. The van der Waals surface area contributed by atoms with Crippen molar-refractivity contribution in [2.24, 2.45) is 0 Å². The summed E-state index contributed by atoms with van der Waals surface area (Å²) in [6.45, 7) is 4.48. The normalized spacial score (nSPS) is 11.1. The van der Waals surface area contributed by atoms with E-state index in [0.717, 1.165) is 13.1 Å². The van der Waals surface area contributed by atoms with Gasteiger partial charge >= 0.3 is 0 Å². The predicted octanol–water partition coefficient (Wildman–Crippen LogP) is 2.09. The third-order valence-electron chi connectivity index (χ3n) is 2.94. The van der Waals surface area contributed by atoms with E-state index in [1.807, 2.05) is 6.07 Å². The van der Waals surface area contributed by atoms with Crippen LogP contribution in [0, 0.1) is 6.92 Å². The van der Waals surface area contributed by atoms with E-state index >= 15 is 0 Å². The first-order valence-electron chi connectivity index (χ1n) is 6.38. The summed E-state index contributed by atoms with van der Waals surface area (Å²) in [6, 6.07) is 5.76. The van der Waals surface area contributed by atoms with E-state index in [2.05, 4.69) is 39.1 Å². The number of aromatic nitrogens is 4. The van der Waals surface area contributed by atoms with Crippen LogP contribution >= 0.6 is 11.3 Å². The Morgan fingerprint density at radius 2 is 2.35 bits per heavy atom. The molecule has 0 radical (unpaired) electrons. The fourth-order valence-electron chi connectivity index (χ4n) is 1.81. The molecule has 1 N–H and O–H groups in total. The highest BCUT2D eigenvalue weighted by atomic mass is 32.1. The number of tetrazole rings is 1. The second-order valence-corrected chi connectivity index (χ2v) is 5.39. The van der Waals surface area contributed by atoms with Crippen molar-refractivity contribution in [3.05, 3.63) is 40.3 Å². The zero-order chi connectivity index (χ0) is 13.8. The molecule has 0 aliphatic carbocycles. The molecule has 0 spiro atoms. The molecule has 0 aromatic carbocycles. The third kappa shape index (κ3) is 2.94. The van der Waals surface area contributed by atoms with Crippen molar-refractivity contribution in [2.45, 2.75) is 20.0 Å². The molecular formula is C13H15N5OS. The summed E-state index contributed by atoms with van der Waals surface area (Å²) in [4.78, 5) is 2.94. The summed E-state index contributed by atoms with van der Waals surface area (Å²) in [7, 11) is 0. The Labute approximate surface area is 120 Å². The summed E-state index contributed by atoms with van der Waals surface area (Å²) in [5, 5.41) is 17.7. The predicted molar refractivity (Wildman–Crippen MR) is 76.3 cm³/mol. The van der Waals surface area contributed by atoms with Gasteiger partial charge in [0, 0.05) is 18.0 Å². The Hall–Kier alpha value is -1.99. The number of hydrogen-bond acceptors (Lipinski definition) is 6. The fraction of sp³-hybridized carbons (Fsp3) is 0.308.